The summed E-state index contributed by atoms with van der Waals surface area (Å²) >= 11 is 0. The Morgan fingerprint density at radius 3 is 2.47 bits per heavy atom. The fraction of sp³-hybridized carbons (Fsp3) is 0.938. The molecule has 2 atom stereocenters. The molecule has 0 radical (unpaired) electrons. The first-order valence-corrected chi connectivity index (χ1v) is 10.7. The van der Waals surface area contributed by atoms with Crippen molar-refractivity contribution in [2.45, 2.75) is 77.9 Å². The molecule has 0 aliphatic heterocycles. The largest absolute Gasteiger partial charge is 0.417 e. The van der Waals surface area contributed by atoms with Gasteiger partial charge >= 0.3 is 0 Å². The second-order valence-electron chi connectivity index (χ2n) is 7.69. The molecule has 19 heavy (non-hydrogen) atoms. The van der Waals surface area contributed by atoms with Gasteiger partial charge in [0.25, 0.3) is 0 Å². The predicted octanol–water partition coefficient (Wildman–Crippen LogP) is 4.79. The lowest BCUT2D eigenvalue weighted by atomic mass is 9.88. The number of ketones is 1. The molecule has 0 bridgehead atoms. The van der Waals surface area contributed by atoms with Gasteiger partial charge in [-0.1, -0.05) is 27.7 Å². The summed E-state index contributed by atoms with van der Waals surface area (Å²) in [6.45, 7) is 14.5. The van der Waals surface area contributed by atoms with Crippen LogP contribution in [0.25, 0.3) is 0 Å². The lowest BCUT2D eigenvalue weighted by molar-refractivity contribution is -0.122. The highest BCUT2D eigenvalue weighted by Gasteiger charge is 2.37. The molecule has 2 unspecified atom stereocenters. The van der Waals surface area contributed by atoms with Crippen molar-refractivity contribution in [3.05, 3.63) is 0 Å². The molecule has 3 heteroatoms. The molecule has 1 saturated carbocycles. The van der Waals surface area contributed by atoms with Crippen LogP contribution >= 0.6 is 0 Å². The molecule has 0 aromatic rings. The molecule has 0 saturated heterocycles. The van der Waals surface area contributed by atoms with Crippen LogP contribution < -0.4 is 0 Å². The third-order valence-electron chi connectivity index (χ3n) is 5.11. The molecular formula is C16H32O2Si. The van der Waals surface area contributed by atoms with Crippen LogP contribution in [0, 0.1) is 11.8 Å². The fourth-order valence-corrected chi connectivity index (χ4v) is 3.68. The average molecular weight is 285 g/mol. The summed E-state index contributed by atoms with van der Waals surface area (Å²) in [6.07, 6.45) is 5.26. The number of hydrogen-bond acceptors (Lipinski definition) is 2. The first-order chi connectivity index (χ1) is 8.65. The Bertz CT molecular complexity index is 304. The van der Waals surface area contributed by atoms with Crippen molar-refractivity contribution in [1.82, 2.24) is 0 Å². The maximum absolute atomic E-state index is 11.7. The van der Waals surface area contributed by atoms with Gasteiger partial charge in [-0.25, -0.2) is 0 Å². The molecule has 1 aliphatic rings. The summed E-state index contributed by atoms with van der Waals surface area (Å²) in [7, 11) is -1.59. The van der Waals surface area contributed by atoms with Crippen LogP contribution in [0.5, 0.6) is 0 Å². The smallest absolute Gasteiger partial charge is 0.191 e. The van der Waals surface area contributed by atoms with Crippen molar-refractivity contribution in [2.24, 2.45) is 11.8 Å². The number of carbonyl (C=O) groups is 1. The molecule has 2 nitrogen and oxygen atoms in total. The van der Waals surface area contributed by atoms with E-state index in [9.17, 15) is 4.79 Å². The topological polar surface area (TPSA) is 26.3 Å². The van der Waals surface area contributed by atoms with Crippen LogP contribution in [-0.4, -0.2) is 20.7 Å². The van der Waals surface area contributed by atoms with Crippen LogP contribution in [0.4, 0.5) is 0 Å². The Morgan fingerprint density at radius 2 is 2.00 bits per heavy atom. The van der Waals surface area contributed by atoms with Crippen molar-refractivity contribution >= 4 is 14.1 Å². The SMILES string of the molecule is CC(CCCO[Si](C)(C)C(C)(C)C)C1CCCC1=O. The normalized spacial score (nSPS) is 22.8. The lowest BCUT2D eigenvalue weighted by Gasteiger charge is -2.36. The van der Waals surface area contributed by atoms with E-state index in [0.29, 0.717) is 22.7 Å². The number of rotatable bonds is 6. The predicted molar refractivity (Wildman–Crippen MR) is 83.9 cm³/mol. The first kappa shape index (κ1) is 16.9. The zero-order chi connectivity index (χ0) is 14.7. The van der Waals surface area contributed by atoms with Gasteiger partial charge in [0.15, 0.2) is 8.32 Å². The van der Waals surface area contributed by atoms with E-state index < -0.39 is 8.32 Å². The van der Waals surface area contributed by atoms with E-state index in [0.717, 1.165) is 38.7 Å². The molecular weight excluding hydrogens is 252 g/mol. The Balaban J connectivity index is 2.26. The molecule has 1 rings (SSSR count). The summed E-state index contributed by atoms with van der Waals surface area (Å²) in [5, 5.41) is 0.292. The van der Waals surface area contributed by atoms with Crippen LogP contribution in [0.2, 0.25) is 18.1 Å². The molecule has 1 fully saturated rings. The minimum Gasteiger partial charge on any atom is -0.417 e. The lowest BCUT2D eigenvalue weighted by Crippen LogP contribution is -2.41. The van der Waals surface area contributed by atoms with Gasteiger partial charge in [0.05, 0.1) is 0 Å². The van der Waals surface area contributed by atoms with Crippen LogP contribution in [0.15, 0.2) is 0 Å². The second kappa shape index (κ2) is 6.53. The Hall–Kier alpha value is -0.153. The van der Waals surface area contributed by atoms with Crippen molar-refractivity contribution in [2.75, 3.05) is 6.61 Å². The van der Waals surface area contributed by atoms with E-state index in [-0.39, 0.29) is 0 Å². The van der Waals surface area contributed by atoms with E-state index in [4.69, 9.17) is 4.43 Å². The molecule has 0 aromatic heterocycles. The summed E-state index contributed by atoms with van der Waals surface area (Å²) in [4.78, 5) is 11.7. The standard InChI is InChI=1S/C16H32O2Si/c1-13(14-10-7-11-15(14)17)9-8-12-18-19(5,6)16(2,3)4/h13-14H,7-12H2,1-6H3. The number of carbonyl (C=O) groups excluding carboxylic acids is 1. The molecule has 0 spiro atoms. The average Bonchev–Trinajstić information content (AvgIpc) is 2.69. The third-order valence-corrected chi connectivity index (χ3v) is 9.65. The van der Waals surface area contributed by atoms with Gasteiger partial charge in [-0.2, -0.15) is 0 Å². The summed E-state index contributed by atoms with van der Waals surface area (Å²) in [6, 6.07) is 0. The van der Waals surface area contributed by atoms with Gasteiger partial charge in [-0.3, -0.25) is 4.79 Å². The van der Waals surface area contributed by atoms with E-state index >= 15 is 0 Å². The first-order valence-electron chi connectivity index (χ1n) is 7.82. The molecule has 0 amide bonds. The van der Waals surface area contributed by atoms with E-state index in [1.54, 1.807) is 0 Å². The Morgan fingerprint density at radius 1 is 1.37 bits per heavy atom. The van der Waals surface area contributed by atoms with Gasteiger partial charge in [-0.05, 0) is 49.7 Å². The van der Waals surface area contributed by atoms with Gasteiger partial charge in [0.1, 0.15) is 5.78 Å². The van der Waals surface area contributed by atoms with Crippen molar-refractivity contribution in [3.63, 3.8) is 0 Å². The summed E-state index contributed by atoms with van der Waals surface area (Å²) in [5.41, 5.74) is 0. The highest BCUT2D eigenvalue weighted by atomic mass is 28.4. The molecule has 0 aromatic carbocycles. The fourth-order valence-electron chi connectivity index (χ4n) is 2.59. The highest BCUT2D eigenvalue weighted by Crippen LogP contribution is 2.37. The summed E-state index contributed by atoms with van der Waals surface area (Å²) in [5.74, 6) is 1.38. The minimum atomic E-state index is -1.59. The highest BCUT2D eigenvalue weighted by molar-refractivity contribution is 6.74. The number of hydrogen-bond donors (Lipinski definition) is 0. The van der Waals surface area contributed by atoms with E-state index in [2.05, 4.69) is 40.8 Å². The molecule has 112 valence electrons. The zero-order valence-electron chi connectivity index (χ0n) is 13.7. The quantitative estimate of drug-likeness (QED) is 0.517. The van der Waals surface area contributed by atoms with E-state index in [1.807, 2.05) is 0 Å². The Kier molecular flexibility index (Phi) is 5.81. The van der Waals surface area contributed by atoms with Gasteiger partial charge in [-0.15, -0.1) is 0 Å². The molecule has 0 N–H and O–H groups in total. The van der Waals surface area contributed by atoms with Crippen molar-refractivity contribution in [1.29, 1.82) is 0 Å². The van der Waals surface area contributed by atoms with Crippen LogP contribution in [-0.2, 0) is 9.22 Å². The van der Waals surface area contributed by atoms with E-state index in [1.165, 1.54) is 0 Å². The van der Waals surface area contributed by atoms with Gasteiger partial charge < -0.3 is 4.43 Å². The maximum atomic E-state index is 11.7. The Labute approximate surface area is 120 Å². The minimum absolute atomic E-state index is 0.292. The molecule has 1 aliphatic carbocycles. The maximum Gasteiger partial charge on any atom is 0.191 e. The zero-order valence-corrected chi connectivity index (χ0v) is 14.7. The molecule has 0 heterocycles. The van der Waals surface area contributed by atoms with Crippen LogP contribution in [0.1, 0.15) is 59.8 Å². The van der Waals surface area contributed by atoms with Gasteiger partial charge in [0.2, 0.25) is 0 Å². The van der Waals surface area contributed by atoms with Crippen molar-refractivity contribution in [3.8, 4) is 0 Å². The monoisotopic (exact) mass is 284 g/mol. The van der Waals surface area contributed by atoms with Crippen LogP contribution in [0.3, 0.4) is 0 Å². The number of Topliss-reactive ketones (excluding diaryl/α,β-unsaturated/α-hetero) is 1. The van der Waals surface area contributed by atoms with Gasteiger partial charge in [0, 0.05) is 18.9 Å². The third kappa shape index (κ3) is 4.71. The second-order valence-corrected chi connectivity index (χ2v) is 12.5. The van der Waals surface area contributed by atoms with Crippen molar-refractivity contribution < 1.29 is 9.22 Å². The summed E-state index contributed by atoms with van der Waals surface area (Å²) < 4.78 is 6.19.